The number of unbranched alkanes of at least 4 members (excludes halogenated alkanes) is 3. The van der Waals surface area contributed by atoms with E-state index in [1.165, 1.54) is 0 Å². The first-order chi connectivity index (χ1) is 26.3. The van der Waals surface area contributed by atoms with Crippen LogP contribution in [0.2, 0.25) is 5.15 Å². The number of ether oxygens (including phenoxy) is 1. The number of hydrogen-bond donors (Lipinski definition) is 10. The molecule has 0 saturated heterocycles. The minimum Gasteiger partial charge on any atom is -0.410 e. The first-order valence-electron chi connectivity index (χ1n) is 18.5. The van der Waals surface area contributed by atoms with E-state index in [1.54, 1.807) is 12.1 Å². The molecule has 0 fully saturated rings. The number of amides is 2. The third kappa shape index (κ3) is 15.5. The molecule has 0 spiro atoms. The van der Waals surface area contributed by atoms with Crippen molar-refractivity contribution >= 4 is 35.2 Å². The predicted molar refractivity (Wildman–Crippen MR) is 210 cm³/mol. The van der Waals surface area contributed by atoms with Crippen LogP contribution in [0.25, 0.3) is 0 Å². The van der Waals surface area contributed by atoms with Crippen molar-refractivity contribution in [3.05, 3.63) is 76.1 Å². The number of carbonyl (C=O) groups is 2. The van der Waals surface area contributed by atoms with Gasteiger partial charge in [0.25, 0.3) is 5.91 Å². The molecule has 12 N–H and O–H groups in total. The van der Waals surface area contributed by atoms with E-state index in [0.29, 0.717) is 44.9 Å². The molecule has 5 atom stereocenters. The number of hydrogen-bond acceptors (Lipinski definition) is 14. The van der Waals surface area contributed by atoms with Gasteiger partial charge in [0.15, 0.2) is 22.5 Å². The smallest absolute Gasteiger partial charge is 0.410 e. The number of nitrogens with one attached hydrogen (secondary N) is 3. The zero-order valence-corrected chi connectivity index (χ0v) is 32.3. The summed E-state index contributed by atoms with van der Waals surface area (Å²) >= 11 is 5.97. The van der Waals surface area contributed by atoms with Gasteiger partial charge in [0.1, 0.15) is 24.1 Å². The predicted octanol–water partition coefficient (Wildman–Crippen LogP) is 1.39. The summed E-state index contributed by atoms with van der Waals surface area (Å²) in [6.45, 7) is 5.88. The van der Waals surface area contributed by atoms with Crippen LogP contribution in [0.5, 0.6) is 5.75 Å². The molecular formula is C38H57ClN8O8. The number of aliphatic hydroxyl groups excluding tert-OH is 5. The summed E-state index contributed by atoms with van der Waals surface area (Å²) in [7, 11) is 0. The van der Waals surface area contributed by atoms with Crippen molar-refractivity contribution in [2.24, 2.45) is 5.92 Å². The third-order valence-corrected chi connectivity index (χ3v) is 9.41. The number of benzene rings is 2. The van der Waals surface area contributed by atoms with Gasteiger partial charge in [0.05, 0.1) is 12.7 Å². The fourth-order valence-corrected chi connectivity index (χ4v) is 5.97. The molecule has 0 radical (unpaired) electrons. The molecule has 0 saturated carbocycles. The van der Waals surface area contributed by atoms with Crippen LogP contribution in [0.4, 0.5) is 16.4 Å². The molecule has 2 aromatic carbocycles. The van der Waals surface area contributed by atoms with E-state index in [4.69, 9.17) is 32.9 Å². The van der Waals surface area contributed by atoms with E-state index in [9.17, 15) is 30.0 Å². The molecule has 1 aromatic heterocycles. The summed E-state index contributed by atoms with van der Waals surface area (Å²) in [6, 6.07) is 15.1. The second-order valence-electron chi connectivity index (χ2n) is 13.6. The van der Waals surface area contributed by atoms with Crippen molar-refractivity contribution in [3.63, 3.8) is 0 Å². The zero-order valence-electron chi connectivity index (χ0n) is 31.5. The lowest BCUT2D eigenvalue weighted by Gasteiger charge is -2.30. The first-order valence-corrected chi connectivity index (χ1v) is 18.9. The van der Waals surface area contributed by atoms with Crippen molar-refractivity contribution in [3.8, 4) is 5.75 Å². The number of aromatic nitrogens is 2. The monoisotopic (exact) mass is 788 g/mol. The molecule has 3 aromatic rings. The van der Waals surface area contributed by atoms with Gasteiger partial charge in [0, 0.05) is 39.3 Å². The van der Waals surface area contributed by atoms with Gasteiger partial charge in [-0.1, -0.05) is 74.2 Å². The van der Waals surface area contributed by atoms with Gasteiger partial charge in [-0.2, -0.15) is 0 Å². The second kappa shape index (κ2) is 23.7. The van der Waals surface area contributed by atoms with Crippen LogP contribution in [0.1, 0.15) is 59.8 Å². The first kappa shape index (κ1) is 45.3. The number of nitrogens with zero attached hydrogens (tertiary/aromatic N) is 3. The average Bonchev–Trinajstić information content (AvgIpc) is 3.17. The summed E-state index contributed by atoms with van der Waals surface area (Å²) in [5.41, 5.74) is 14.7. The Kier molecular flexibility index (Phi) is 19.5. The minimum atomic E-state index is -1.71. The van der Waals surface area contributed by atoms with E-state index in [1.807, 2.05) is 42.2 Å². The summed E-state index contributed by atoms with van der Waals surface area (Å²) in [5.74, 6) is -0.325. The Bertz CT molecular complexity index is 1620. The maximum atomic E-state index is 12.9. The Balaban J connectivity index is 1.50. The Hall–Kier alpha value is -4.13. The van der Waals surface area contributed by atoms with Crippen LogP contribution >= 0.6 is 11.6 Å². The third-order valence-electron chi connectivity index (χ3n) is 9.13. The number of anilines is 2. The lowest BCUT2D eigenvalue weighted by molar-refractivity contribution is -0.119. The van der Waals surface area contributed by atoms with Gasteiger partial charge in [-0.05, 0) is 61.1 Å². The fourth-order valence-electron chi connectivity index (χ4n) is 5.84. The highest BCUT2D eigenvalue weighted by Gasteiger charge is 2.31. The zero-order chi connectivity index (χ0) is 40.3. The van der Waals surface area contributed by atoms with Crippen LogP contribution in [0.3, 0.4) is 0 Å². The fraction of sp³-hybridized carbons (Fsp3) is 0.526. The summed E-state index contributed by atoms with van der Waals surface area (Å²) < 4.78 is 5.45. The largest absolute Gasteiger partial charge is 0.412 e. The van der Waals surface area contributed by atoms with Gasteiger partial charge in [0.2, 0.25) is 0 Å². The number of carbonyl (C=O) groups excluding carboxylic acids is 2. The van der Waals surface area contributed by atoms with E-state index in [2.05, 4.69) is 38.9 Å². The van der Waals surface area contributed by atoms with E-state index in [0.717, 1.165) is 42.4 Å². The Morgan fingerprint density at radius 1 is 0.891 bits per heavy atom. The number of rotatable bonds is 24. The lowest BCUT2D eigenvalue weighted by atomic mass is 9.95. The normalized spacial score (nSPS) is 14.2. The van der Waals surface area contributed by atoms with Crippen LogP contribution in [0, 0.1) is 12.8 Å². The number of halogens is 1. The van der Waals surface area contributed by atoms with Crippen molar-refractivity contribution in [2.45, 2.75) is 76.9 Å². The van der Waals surface area contributed by atoms with Gasteiger partial charge in [-0.15, -0.1) is 0 Å². The molecule has 17 heteroatoms. The summed E-state index contributed by atoms with van der Waals surface area (Å²) in [5, 5.41) is 58.4. The summed E-state index contributed by atoms with van der Waals surface area (Å²) in [4.78, 5) is 35.2. The Labute approximate surface area is 327 Å². The molecule has 16 nitrogen and oxygen atoms in total. The van der Waals surface area contributed by atoms with Crippen LogP contribution < -0.4 is 32.2 Å². The van der Waals surface area contributed by atoms with E-state index < -0.39 is 43.0 Å². The average molecular weight is 789 g/mol. The molecule has 0 aliphatic rings. The van der Waals surface area contributed by atoms with Gasteiger partial charge >= 0.3 is 6.09 Å². The molecule has 304 valence electrons. The molecule has 2 amide bonds. The molecular weight excluding hydrogens is 732 g/mol. The lowest BCUT2D eigenvalue weighted by Crippen LogP contribution is -2.50. The van der Waals surface area contributed by atoms with Crippen molar-refractivity contribution in [1.82, 2.24) is 30.8 Å². The Morgan fingerprint density at radius 3 is 2.29 bits per heavy atom. The SMILES string of the molecule is CCCCCCN(CCNC(=O)Oc1ccc(CNC[C@@H](CNC(=O)c2nc(Cl)c(N)nc2N)Cc2ccccc2C)cc1)C[C@H](O)[C@@H](O)[C@H](O)[C@H](O)CO. The van der Waals surface area contributed by atoms with Gasteiger partial charge < -0.3 is 57.7 Å². The van der Waals surface area contributed by atoms with Crippen LogP contribution in [0.15, 0.2) is 48.5 Å². The van der Waals surface area contributed by atoms with E-state index in [-0.39, 0.29) is 41.5 Å². The standard InChI is InChI=1S/C38H57ClN8O8/c1-3-4-5-8-16-47(22-29(49)32(51)33(52)30(50)23-48)17-15-43-38(54)55-28-13-11-25(12-14-28)19-42-20-26(18-27-10-7-6-9-24(27)2)21-44-37(53)31-35(40)46-36(41)34(39)45-31/h6-7,9-14,26,29-30,32-33,42,48-52H,3-5,8,15-23H2,1-2H3,(H,43,54)(H,44,53)(H4,40,41,46)/t26-,29-,30+,32+,33+/m0/s1. The highest BCUT2D eigenvalue weighted by molar-refractivity contribution is 6.31. The highest BCUT2D eigenvalue weighted by atomic mass is 35.5. The Morgan fingerprint density at radius 2 is 1.60 bits per heavy atom. The van der Waals surface area contributed by atoms with Crippen molar-refractivity contribution in [1.29, 1.82) is 0 Å². The van der Waals surface area contributed by atoms with Crippen LogP contribution in [-0.4, -0.2) is 123 Å². The molecule has 0 unspecified atom stereocenters. The van der Waals surface area contributed by atoms with Crippen molar-refractivity contribution in [2.75, 3.05) is 57.3 Å². The second-order valence-corrected chi connectivity index (χ2v) is 13.9. The number of aryl methyl sites for hydroxylation is 1. The number of nitrogen functional groups attached to an aromatic ring is 2. The topological polar surface area (TPSA) is 262 Å². The van der Waals surface area contributed by atoms with Crippen molar-refractivity contribution < 1.29 is 39.9 Å². The van der Waals surface area contributed by atoms with Crippen LogP contribution in [-0.2, 0) is 13.0 Å². The van der Waals surface area contributed by atoms with Gasteiger partial charge in [-0.25, -0.2) is 14.8 Å². The molecule has 0 aliphatic heterocycles. The molecule has 0 aliphatic carbocycles. The number of nitrogens with two attached hydrogens (primary N) is 2. The maximum Gasteiger partial charge on any atom is 0.412 e. The highest BCUT2D eigenvalue weighted by Crippen LogP contribution is 2.18. The van der Waals surface area contributed by atoms with Gasteiger partial charge in [-0.3, -0.25) is 9.69 Å². The van der Waals surface area contributed by atoms with E-state index >= 15 is 0 Å². The number of aliphatic hydroxyl groups is 5. The molecule has 55 heavy (non-hydrogen) atoms. The molecule has 1 heterocycles. The molecule has 0 bridgehead atoms. The maximum absolute atomic E-state index is 12.9. The minimum absolute atomic E-state index is 0.00106. The molecule has 3 rings (SSSR count). The quantitative estimate of drug-likeness (QED) is 0.0576. The summed E-state index contributed by atoms with van der Waals surface area (Å²) in [6.07, 6.45) is -2.42.